The van der Waals surface area contributed by atoms with Crippen molar-refractivity contribution in [3.63, 3.8) is 0 Å². The van der Waals surface area contributed by atoms with E-state index in [-0.39, 0.29) is 17.7 Å². The zero-order valence-electron chi connectivity index (χ0n) is 19.4. The molecule has 1 fully saturated rings. The molecule has 4 rings (SSSR count). The Balaban J connectivity index is 1.52. The van der Waals surface area contributed by atoms with E-state index in [2.05, 4.69) is 30.9 Å². The van der Waals surface area contributed by atoms with Crippen LogP contribution in [-0.4, -0.2) is 42.8 Å². The minimum Gasteiger partial charge on any atom is -0.339 e. The van der Waals surface area contributed by atoms with Crippen LogP contribution in [0, 0.1) is 19.8 Å². The summed E-state index contributed by atoms with van der Waals surface area (Å²) in [5.74, 6) is -0.422. The van der Waals surface area contributed by atoms with Gasteiger partial charge in [-0.15, -0.1) is 0 Å². The lowest BCUT2D eigenvalue weighted by Gasteiger charge is -2.26. The largest absolute Gasteiger partial charge is 0.339 e. The third-order valence-electron chi connectivity index (χ3n) is 6.41. The van der Waals surface area contributed by atoms with Gasteiger partial charge in [0.2, 0.25) is 5.91 Å². The van der Waals surface area contributed by atoms with Crippen LogP contribution < -0.4 is 10.6 Å². The second-order valence-electron chi connectivity index (χ2n) is 8.77. The van der Waals surface area contributed by atoms with Gasteiger partial charge in [0, 0.05) is 24.5 Å². The molecule has 2 amide bonds. The van der Waals surface area contributed by atoms with Crippen LogP contribution in [-0.2, 0) is 11.8 Å². The van der Waals surface area contributed by atoms with E-state index < -0.39 is 6.04 Å². The van der Waals surface area contributed by atoms with E-state index in [1.807, 2.05) is 26.0 Å². The Morgan fingerprint density at radius 1 is 1.12 bits per heavy atom. The van der Waals surface area contributed by atoms with Crippen molar-refractivity contribution < 1.29 is 9.59 Å². The van der Waals surface area contributed by atoms with Crippen LogP contribution in [0.4, 0.5) is 5.69 Å². The topological polar surface area (TPSA) is 118 Å². The molecule has 9 nitrogen and oxygen atoms in total. The minimum absolute atomic E-state index is 0.0909. The summed E-state index contributed by atoms with van der Waals surface area (Å²) < 4.78 is 1.51. The van der Waals surface area contributed by atoms with Gasteiger partial charge in [0.15, 0.2) is 0 Å². The van der Waals surface area contributed by atoms with Gasteiger partial charge in [-0.2, -0.15) is 10.2 Å². The highest BCUT2D eigenvalue weighted by Gasteiger charge is 2.31. The van der Waals surface area contributed by atoms with Gasteiger partial charge < -0.3 is 10.6 Å². The molecule has 9 heteroatoms. The number of pyridine rings is 1. The number of amides is 2. The molecule has 3 aromatic rings. The lowest BCUT2D eigenvalue weighted by molar-refractivity contribution is -0.119. The molecule has 0 bridgehead atoms. The SMILES string of the molecule is Cc1n[nH]c(C)c1-c1ccc(NC(=O)C(NC(=O)c2ccnn2C)C2CCCCCC2)cn1. The number of aryl methyl sites for hydroxylation is 3. The number of hydrogen-bond donors (Lipinski definition) is 3. The molecule has 1 aliphatic carbocycles. The average Bonchev–Trinajstić information content (AvgIpc) is 3.26. The first-order valence-electron chi connectivity index (χ1n) is 11.5. The highest BCUT2D eigenvalue weighted by Crippen LogP contribution is 2.27. The van der Waals surface area contributed by atoms with Gasteiger partial charge in [-0.05, 0) is 50.8 Å². The molecule has 174 valence electrons. The second kappa shape index (κ2) is 9.97. The van der Waals surface area contributed by atoms with Gasteiger partial charge in [0.05, 0.1) is 23.3 Å². The number of rotatable bonds is 6. The molecule has 3 N–H and O–H groups in total. The van der Waals surface area contributed by atoms with Crippen molar-refractivity contribution in [2.24, 2.45) is 13.0 Å². The van der Waals surface area contributed by atoms with Crippen molar-refractivity contribution in [1.82, 2.24) is 30.3 Å². The lowest BCUT2D eigenvalue weighted by Crippen LogP contribution is -2.48. The van der Waals surface area contributed by atoms with Crippen LogP contribution in [0.2, 0.25) is 0 Å². The molecule has 3 aromatic heterocycles. The third kappa shape index (κ3) is 5.13. The zero-order valence-corrected chi connectivity index (χ0v) is 19.4. The predicted octanol–water partition coefficient (Wildman–Crippen LogP) is 3.53. The highest BCUT2D eigenvalue weighted by atomic mass is 16.2. The summed E-state index contributed by atoms with van der Waals surface area (Å²) in [6.07, 6.45) is 9.52. The Morgan fingerprint density at radius 2 is 1.88 bits per heavy atom. The Hall–Kier alpha value is -3.49. The molecular formula is C24H31N7O2. The molecule has 0 radical (unpaired) electrons. The van der Waals surface area contributed by atoms with Crippen LogP contribution in [0.5, 0.6) is 0 Å². The summed E-state index contributed by atoms with van der Waals surface area (Å²) in [5, 5.41) is 17.2. The monoisotopic (exact) mass is 449 g/mol. The summed E-state index contributed by atoms with van der Waals surface area (Å²) in [4.78, 5) is 30.8. The molecule has 1 saturated carbocycles. The fourth-order valence-corrected chi connectivity index (χ4v) is 4.62. The number of nitrogens with zero attached hydrogens (tertiary/aromatic N) is 4. The van der Waals surface area contributed by atoms with Crippen molar-refractivity contribution in [3.05, 3.63) is 47.7 Å². The Kier molecular flexibility index (Phi) is 6.86. The second-order valence-corrected chi connectivity index (χ2v) is 8.77. The smallest absolute Gasteiger partial charge is 0.270 e. The van der Waals surface area contributed by atoms with Crippen molar-refractivity contribution in [2.75, 3.05) is 5.32 Å². The number of nitrogens with one attached hydrogen (secondary N) is 3. The first-order valence-corrected chi connectivity index (χ1v) is 11.5. The number of aromatic amines is 1. The maximum absolute atomic E-state index is 13.3. The molecule has 1 atom stereocenters. The van der Waals surface area contributed by atoms with Gasteiger partial charge in [-0.1, -0.05) is 25.7 Å². The van der Waals surface area contributed by atoms with Crippen LogP contribution in [0.3, 0.4) is 0 Å². The van der Waals surface area contributed by atoms with Crippen LogP contribution in [0.25, 0.3) is 11.3 Å². The molecule has 0 spiro atoms. The van der Waals surface area contributed by atoms with Gasteiger partial charge >= 0.3 is 0 Å². The minimum atomic E-state index is -0.622. The van der Waals surface area contributed by atoms with E-state index in [1.54, 1.807) is 25.5 Å². The first kappa shape index (κ1) is 22.7. The molecular weight excluding hydrogens is 418 g/mol. The lowest BCUT2D eigenvalue weighted by atomic mass is 9.91. The van der Waals surface area contributed by atoms with Crippen molar-refractivity contribution in [3.8, 4) is 11.3 Å². The van der Waals surface area contributed by atoms with Crippen LogP contribution in [0.1, 0.15) is 60.4 Å². The Bertz CT molecular complexity index is 1090. The molecule has 1 aliphatic rings. The Morgan fingerprint density at radius 3 is 2.45 bits per heavy atom. The van der Waals surface area contributed by atoms with E-state index in [0.29, 0.717) is 11.4 Å². The van der Waals surface area contributed by atoms with E-state index in [9.17, 15) is 9.59 Å². The van der Waals surface area contributed by atoms with Crippen LogP contribution in [0.15, 0.2) is 30.6 Å². The number of H-pyrrole nitrogens is 1. The standard InChI is InChI=1S/C24H31N7O2/c1-15-21(16(2)30-29-15)19-11-10-18(14-25-19)27-24(33)22(17-8-6-4-5-7-9-17)28-23(32)20-12-13-26-31(20)3/h10-14,17,22H,4-9H2,1-3H3,(H,27,33)(H,28,32)(H,29,30). The number of hydrogen-bond acceptors (Lipinski definition) is 5. The van der Waals surface area contributed by atoms with E-state index >= 15 is 0 Å². The van der Waals surface area contributed by atoms with Gasteiger partial charge in [-0.25, -0.2) is 0 Å². The molecule has 33 heavy (non-hydrogen) atoms. The van der Waals surface area contributed by atoms with Gasteiger partial charge in [0.1, 0.15) is 11.7 Å². The summed E-state index contributed by atoms with van der Waals surface area (Å²) in [5.41, 5.74) is 4.61. The van der Waals surface area contributed by atoms with Crippen molar-refractivity contribution in [2.45, 2.75) is 58.4 Å². The molecule has 0 aromatic carbocycles. The number of carbonyl (C=O) groups is 2. The predicted molar refractivity (Wildman–Crippen MR) is 126 cm³/mol. The molecule has 0 saturated heterocycles. The number of anilines is 1. The molecule has 1 unspecified atom stereocenters. The summed E-state index contributed by atoms with van der Waals surface area (Å²) >= 11 is 0. The summed E-state index contributed by atoms with van der Waals surface area (Å²) in [6, 6.07) is 4.73. The Labute approximate surface area is 193 Å². The fraction of sp³-hybridized carbons (Fsp3) is 0.458. The third-order valence-corrected chi connectivity index (χ3v) is 6.41. The van der Waals surface area contributed by atoms with Gasteiger partial charge in [-0.3, -0.25) is 24.4 Å². The van der Waals surface area contributed by atoms with E-state index in [0.717, 1.165) is 48.3 Å². The quantitative estimate of drug-likeness (QED) is 0.498. The first-order chi connectivity index (χ1) is 15.9. The summed E-state index contributed by atoms with van der Waals surface area (Å²) in [7, 11) is 1.71. The highest BCUT2D eigenvalue weighted by molar-refractivity contribution is 6.00. The van der Waals surface area contributed by atoms with Crippen molar-refractivity contribution in [1.29, 1.82) is 0 Å². The summed E-state index contributed by atoms with van der Waals surface area (Å²) in [6.45, 7) is 3.88. The van der Waals surface area contributed by atoms with E-state index in [1.165, 1.54) is 17.5 Å². The van der Waals surface area contributed by atoms with Crippen LogP contribution >= 0.6 is 0 Å². The normalized spacial score (nSPS) is 15.6. The van der Waals surface area contributed by atoms with Gasteiger partial charge in [0.25, 0.3) is 5.91 Å². The number of aromatic nitrogens is 5. The molecule has 0 aliphatic heterocycles. The molecule has 3 heterocycles. The average molecular weight is 450 g/mol. The van der Waals surface area contributed by atoms with Crippen molar-refractivity contribution >= 4 is 17.5 Å². The maximum Gasteiger partial charge on any atom is 0.270 e. The van der Waals surface area contributed by atoms with E-state index in [4.69, 9.17) is 0 Å². The fourth-order valence-electron chi connectivity index (χ4n) is 4.62. The zero-order chi connectivity index (χ0) is 23.4. The number of carbonyl (C=O) groups excluding carboxylic acids is 2. The maximum atomic E-state index is 13.3.